The number of sulfonamides is 1. The van der Waals surface area contributed by atoms with Crippen molar-refractivity contribution in [3.8, 4) is 0 Å². The van der Waals surface area contributed by atoms with Gasteiger partial charge in [0.15, 0.2) is 0 Å². The monoisotopic (exact) mass is 264 g/mol. The van der Waals surface area contributed by atoms with Crippen LogP contribution < -0.4 is 5.32 Å². The van der Waals surface area contributed by atoms with Gasteiger partial charge in [0.25, 0.3) is 0 Å². The summed E-state index contributed by atoms with van der Waals surface area (Å²) in [6.45, 7) is 8.38. The molecular formula is C11H24N2O3S. The summed E-state index contributed by atoms with van der Waals surface area (Å²) in [7, 11) is -3.13. The first kappa shape index (κ1) is 14.9. The van der Waals surface area contributed by atoms with Gasteiger partial charge in [-0.25, -0.2) is 8.42 Å². The number of ether oxygens (including phenoxy) is 1. The van der Waals surface area contributed by atoms with E-state index in [0.717, 1.165) is 25.9 Å². The van der Waals surface area contributed by atoms with Crippen LogP contribution in [0.15, 0.2) is 0 Å². The molecule has 1 spiro atoms. The molecule has 5 nitrogen and oxygen atoms in total. The minimum Gasteiger partial charge on any atom is -0.358 e. The number of rotatable bonds is 2. The predicted molar refractivity (Wildman–Crippen MR) is 68.3 cm³/mol. The van der Waals surface area contributed by atoms with Crippen molar-refractivity contribution >= 4 is 10.0 Å². The van der Waals surface area contributed by atoms with Crippen molar-refractivity contribution < 1.29 is 13.2 Å². The highest BCUT2D eigenvalue weighted by Crippen LogP contribution is 2.34. The van der Waals surface area contributed by atoms with Crippen LogP contribution in [0.3, 0.4) is 0 Å². The quantitative estimate of drug-likeness (QED) is 0.800. The molecule has 0 bridgehead atoms. The molecule has 0 radical (unpaired) electrons. The van der Waals surface area contributed by atoms with E-state index in [9.17, 15) is 8.42 Å². The summed E-state index contributed by atoms with van der Waals surface area (Å²) in [6.07, 6.45) is 1.51. The predicted octanol–water partition coefficient (Wildman–Crippen LogP) is 0.774. The smallest absolute Gasteiger partial charge is 0.216 e. The first-order valence-corrected chi connectivity index (χ1v) is 8.07. The van der Waals surface area contributed by atoms with Crippen molar-refractivity contribution in [1.29, 1.82) is 0 Å². The normalized spacial score (nSPS) is 24.4. The Hall–Kier alpha value is -0.170. The van der Waals surface area contributed by atoms with Crippen molar-refractivity contribution in [1.82, 2.24) is 9.62 Å². The van der Waals surface area contributed by atoms with Crippen LogP contribution in [0, 0.1) is 0 Å². The van der Waals surface area contributed by atoms with E-state index in [1.807, 2.05) is 13.8 Å². The lowest BCUT2D eigenvalue weighted by Crippen LogP contribution is -2.54. The first-order valence-electron chi connectivity index (χ1n) is 6.46. The largest absolute Gasteiger partial charge is 0.358 e. The SMILES string of the molecule is CC.CCS(=O)(=O)N1CCOC12CCNCC2. The fourth-order valence-corrected chi connectivity index (χ4v) is 3.76. The van der Waals surface area contributed by atoms with Gasteiger partial charge < -0.3 is 10.1 Å². The van der Waals surface area contributed by atoms with Crippen LogP contribution in [0.4, 0.5) is 0 Å². The summed E-state index contributed by atoms with van der Waals surface area (Å²) in [5.74, 6) is 0.158. The topological polar surface area (TPSA) is 58.6 Å². The van der Waals surface area contributed by atoms with Crippen LogP contribution >= 0.6 is 0 Å². The second kappa shape index (κ2) is 6.13. The lowest BCUT2D eigenvalue weighted by Gasteiger charge is -2.39. The second-order valence-corrected chi connectivity index (χ2v) is 6.20. The van der Waals surface area contributed by atoms with Crippen LogP contribution in [-0.2, 0) is 14.8 Å². The molecule has 0 unspecified atom stereocenters. The maximum absolute atomic E-state index is 11.9. The van der Waals surface area contributed by atoms with E-state index in [-0.39, 0.29) is 5.75 Å². The third-order valence-corrected chi connectivity index (χ3v) is 5.12. The molecule has 0 aromatic rings. The highest BCUT2D eigenvalue weighted by atomic mass is 32.2. The molecule has 102 valence electrons. The Balaban J connectivity index is 0.000000686. The Morgan fingerprint density at radius 2 is 1.88 bits per heavy atom. The lowest BCUT2D eigenvalue weighted by atomic mass is 10.0. The standard InChI is InChI=1S/C9H18N2O3S.C2H6/c1-2-15(12,13)11-7-8-14-9(11)3-5-10-6-4-9;1-2/h10H,2-8H2,1H3;1-2H3. The van der Waals surface area contributed by atoms with Gasteiger partial charge in [-0.1, -0.05) is 13.8 Å². The molecule has 2 fully saturated rings. The summed E-state index contributed by atoms with van der Waals surface area (Å²) in [5.41, 5.74) is -0.542. The Morgan fingerprint density at radius 1 is 1.29 bits per heavy atom. The third kappa shape index (κ3) is 2.99. The minimum atomic E-state index is -3.13. The summed E-state index contributed by atoms with van der Waals surface area (Å²) in [4.78, 5) is 0. The molecule has 0 aliphatic carbocycles. The van der Waals surface area contributed by atoms with Crippen molar-refractivity contribution in [2.45, 2.75) is 39.3 Å². The van der Waals surface area contributed by atoms with Gasteiger partial charge in [0.05, 0.1) is 12.4 Å². The van der Waals surface area contributed by atoms with Crippen molar-refractivity contribution in [2.24, 2.45) is 0 Å². The van der Waals surface area contributed by atoms with Crippen molar-refractivity contribution in [2.75, 3.05) is 32.0 Å². The molecule has 2 rings (SSSR count). The third-order valence-electron chi connectivity index (χ3n) is 3.21. The fraction of sp³-hybridized carbons (Fsp3) is 1.00. The van der Waals surface area contributed by atoms with E-state index in [1.165, 1.54) is 0 Å². The summed E-state index contributed by atoms with van der Waals surface area (Å²) in [6, 6.07) is 0. The average molecular weight is 264 g/mol. The molecule has 0 aromatic heterocycles. The van der Waals surface area contributed by atoms with Gasteiger partial charge >= 0.3 is 0 Å². The molecule has 2 aliphatic rings. The Labute approximate surface area is 105 Å². The maximum atomic E-state index is 11.9. The molecule has 1 N–H and O–H groups in total. The maximum Gasteiger partial charge on any atom is 0.216 e. The lowest BCUT2D eigenvalue weighted by molar-refractivity contribution is -0.0704. The van der Waals surface area contributed by atoms with Gasteiger partial charge in [0.2, 0.25) is 10.0 Å². The van der Waals surface area contributed by atoms with Gasteiger partial charge in [0.1, 0.15) is 5.72 Å². The highest BCUT2D eigenvalue weighted by molar-refractivity contribution is 7.89. The Morgan fingerprint density at radius 3 is 2.41 bits per heavy atom. The number of piperidine rings is 1. The number of hydrogen-bond donors (Lipinski definition) is 1. The van der Waals surface area contributed by atoms with E-state index < -0.39 is 15.7 Å². The molecule has 2 heterocycles. The highest BCUT2D eigenvalue weighted by Gasteiger charge is 2.48. The van der Waals surface area contributed by atoms with E-state index in [1.54, 1.807) is 11.2 Å². The van der Waals surface area contributed by atoms with E-state index in [2.05, 4.69) is 5.32 Å². The Kier molecular flexibility index (Phi) is 5.37. The van der Waals surface area contributed by atoms with Crippen LogP contribution in [0.25, 0.3) is 0 Å². The molecule has 0 atom stereocenters. The van der Waals surface area contributed by atoms with Gasteiger partial charge in [-0.3, -0.25) is 0 Å². The van der Waals surface area contributed by atoms with E-state index in [4.69, 9.17) is 4.74 Å². The van der Waals surface area contributed by atoms with Crippen molar-refractivity contribution in [3.63, 3.8) is 0 Å². The fourth-order valence-electron chi connectivity index (χ4n) is 2.35. The van der Waals surface area contributed by atoms with Gasteiger partial charge in [0, 0.05) is 19.4 Å². The summed E-state index contributed by atoms with van der Waals surface area (Å²) < 4.78 is 31.1. The van der Waals surface area contributed by atoms with Crippen molar-refractivity contribution in [3.05, 3.63) is 0 Å². The second-order valence-electron chi connectivity index (χ2n) is 4.02. The average Bonchev–Trinajstić information content (AvgIpc) is 2.77. The molecule has 0 amide bonds. The van der Waals surface area contributed by atoms with E-state index >= 15 is 0 Å². The van der Waals surface area contributed by atoms with Gasteiger partial charge in [-0.05, 0) is 20.0 Å². The van der Waals surface area contributed by atoms with Crippen LogP contribution in [-0.4, -0.2) is 50.4 Å². The van der Waals surface area contributed by atoms with Crippen LogP contribution in [0.1, 0.15) is 33.6 Å². The first-order chi connectivity index (χ1) is 8.11. The Bertz CT molecular complexity index is 324. The van der Waals surface area contributed by atoms with Gasteiger partial charge in [-0.15, -0.1) is 0 Å². The zero-order chi connectivity index (χ0) is 12.9. The summed E-state index contributed by atoms with van der Waals surface area (Å²) >= 11 is 0. The molecular weight excluding hydrogens is 240 g/mol. The zero-order valence-corrected chi connectivity index (χ0v) is 11.8. The number of nitrogens with zero attached hydrogens (tertiary/aromatic N) is 1. The van der Waals surface area contributed by atoms with E-state index in [0.29, 0.717) is 13.2 Å². The number of hydrogen-bond acceptors (Lipinski definition) is 4. The molecule has 0 saturated carbocycles. The van der Waals surface area contributed by atoms with Crippen LogP contribution in [0.2, 0.25) is 0 Å². The van der Waals surface area contributed by atoms with Gasteiger partial charge in [-0.2, -0.15) is 4.31 Å². The number of nitrogens with one attached hydrogen (secondary N) is 1. The minimum absolute atomic E-state index is 0.158. The molecule has 6 heteroatoms. The molecule has 0 aromatic carbocycles. The summed E-state index contributed by atoms with van der Waals surface area (Å²) in [5, 5.41) is 3.22. The zero-order valence-electron chi connectivity index (χ0n) is 11.0. The molecule has 2 saturated heterocycles. The van der Waals surface area contributed by atoms with Crippen LogP contribution in [0.5, 0.6) is 0 Å². The molecule has 17 heavy (non-hydrogen) atoms. The molecule has 2 aliphatic heterocycles.